The minimum absolute atomic E-state index is 0.315. The minimum atomic E-state index is -3.99. The van der Waals surface area contributed by atoms with Crippen molar-refractivity contribution >= 4 is 7.75 Å². The van der Waals surface area contributed by atoms with Gasteiger partial charge >= 0.3 is 13.5 Å². The van der Waals surface area contributed by atoms with Crippen molar-refractivity contribution in [3.8, 4) is 11.5 Å². The molecule has 0 amide bonds. The molecule has 0 bridgehead atoms. The Labute approximate surface area is 126 Å². The standard InChI is InChI=1S/C15H12NO5P/c17-15-16(11-12-19-15)22(18,20-13-7-3-1-4-8-13)21-14-9-5-2-6-10-14/h1-12H. The van der Waals surface area contributed by atoms with Crippen LogP contribution in [0.1, 0.15) is 0 Å². The summed E-state index contributed by atoms with van der Waals surface area (Å²) in [6, 6.07) is 16.9. The molecule has 0 aliphatic heterocycles. The third-order valence-electron chi connectivity index (χ3n) is 2.75. The molecule has 0 N–H and O–H groups in total. The quantitative estimate of drug-likeness (QED) is 0.673. The number of benzene rings is 2. The van der Waals surface area contributed by atoms with Crippen molar-refractivity contribution in [1.82, 2.24) is 4.34 Å². The Morgan fingerprint density at radius 1 is 0.864 bits per heavy atom. The number of hydrogen-bond donors (Lipinski definition) is 0. The van der Waals surface area contributed by atoms with Crippen molar-refractivity contribution in [2.75, 3.05) is 0 Å². The topological polar surface area (TPSA) is 70.7 Å². The van der Waals surface area contributed by atoms with Gasteiger partial charge in [-0.05, 0) is 24.3 Å². The van der Waals surface area contributed by atoms with Crippen LogP contribution >= 0.6 is 7.75 Å². The highest BCUT2D eigenvalue weighted by Gasteiger charge is 2.34. The highest BCUT2D eigenvalue weighted by Crippen LogP contribution is 2.48. The maximum atomic E-state index is 13.1. The van der Waals surface area contributed by atoms with Crippen molar-refractivity contribution in [3.63, 3.8) is 0 Å². The van der Waals surface area contributed by atoms with Gasteiger partial charge in [0.2, 0.25) is 0 Å². The van der Waals surface area contributed by atoms with Crippen LogP contribution in [0.4, 0.5) is 0 Å². The third kappa shape index (κ3) is 2.97. The molecule has 2 aromatic carbocycles. The van der Waals surface area contributed by atoms with Gasteiger partial charge < -0.3 is 13.5 Å². The number of para-hydroxylation sites is 2. The SMILES string of the molecule is O=c1occn1P(=O)(Oc1ccccc1)Oc1ccccc1. The third-order valence-corrected chi connectivity index (χ3v) is 4.46. The van der Waals surface area contributed by atoms with Gasteiger partial charge in [-0.1, -0.05) is 36.4 Å². The Hall–Kier alpha value is -2.72. The highest BCUT2D eigenvalue weighted by molar-refractivity contribution is 7.53. The van der Waals surface area contributed by atoms with E-state index in [1.54, 1.807) is 60.7 Å². The summed E-state index contributed by atoms with van der Waals surface area (Å²) in [7, 11) is -3.99. The van der Waals surface area contributed by atoms with Crippen LogP contribution in [0.5, 0.6) is 11.5 Å². The van der Waals surface area contributed by atoms with E-state index in [0.717, 1.165) is 10.6 Å². The molecule has 0 unspecified atom stereocenters. The number of nitrogens with zero attached hydrogens (tertiary/aromatic N) is 1. The van der Waals surface area contributed by atoms with Crippen LogP contribution in [0.3, 0.4) is 0 Å². The molecule has 0 saturated carbocycles. The van der Waals surface area contributed by atoms with Crippen LogP contribution in [0, 0.1) is 0 Å². The Morgan fingerprint density at radius 2 is 1.36 bits per heavy atom. The van der Waals surface area contributed by atoms with Crippen LogP contribution in [0.2, 0.25) is 0 Å². The fourth-order valence-corrected chi connectivity index (χ4v) is 3.23. The van der Waals surface area contributed by atoms with Gasteiger partial charge in [0.1, 0.15) is 17.8 Å². The van der Waals surface area contributed by atoms with E-state index in [1.807, 2.05) is 0 Å². The van der Waals surface area contributed by atoms with Crippen molar-refractivity contribution < 1.29 is 18.0 Å². The zero-order chi connectivity index (χ0) is 15.4. The van der Waals surface area contributed by atoms with Gasteiger partial charge in [0, 0.05) is 0 Å². The Morgan fingerprint density at radius 3 is 1.77 bits per heavy atom. The second kappa shape index (κ2) is 5.95. The van der Waals surface area contributed by atoms with Crippen LogP contribution in [0.25, 0.3) is 0 Å². The summed E-state index contributed by atoms with van der Waals surface area (Å²) in [6.07, 6.45) is 2.34. The minimum Gasteiger partial charge on any atom is -0.416 e. The molecule has 22 heavy (non-hydrogen) atoms. The molecule has 0 aliphatic rings. The van der Waals surface area contributed by atoms with Gasteiger partial charge in [-0.15, -0.1) is 0 Å². The zero-order valence-electron chi connectivity index (χ0n) is 11.4. The lowest BCUT2D eigenvalue weighted by molar-refractivity contribution is 0.368. The van der Waals surface area contributed by atoms with Crippen LogP contribution < -0.4 is 14.8 Å². The van der Waals surface area contributed by atoms with Crippen molar-refractivity contribution in [1.29, 1.82) is 0 Å². The smallest absolute Gasteiger partial charge is 0.416 e. The summed E-state index contributed by atoms with van der Waals surface area (Å²) in [6.45, 7) is 0. The van der Waals surface area contributed by atoms with E-state index in [1.165, 1.54) is 6.20 Å². The Kier molecular flexibility index (Phi) is 3.85. The molecule has 0 aliphatic carbocycles. The fourth-order valence-electron chi connectivity index (χ4n) is 1.78. The summed E-state index contributed by atoms with van der Waals surface area (Å²) < 4.78 is 29.5. The molecule has 0 saturated heterocycles. The first-order valence-corrected chi connectivity index (χ1v) is 7.93. The Bertz CT molecular complexity index is 795. The average Bonchev–Trinajstić information content (AvgIpc) is 2.96. The van der Waals surface area contributed by atoms with Gasteiger partial charge in [0.15, 0.2) is 0 Å². The van der Waals surface area contributed by atoms with Gasteiger partial charge in [0.05, 0.1) is 6.20 Å². The summed E-state index contributed by atoms with van der Waals surface area (Å²) >= 11 is 0. The Balaban J connectivity index is 2.01. The summed E-state index contributed by atoms with van der Waals surface area (Å²) in [5, 5.41) is 0. The van der Waals surface area contributed by atoms with Crippen molar-refractivity contribution in [2.24, 2.45) is 0 Å². The van der Waals surface area contributed by atoms with E-state index >= 15 is 0 Å². The first-order valence-electron chi connectivity index (χ1n) is 6.44. The van der Waals surface area contributed by atoms with Crippen molar-refractivity contribution in [2.45, 2.75) is 0 Å². The molecule has 1 aromatic heterocycles. The predicted molar refractivity (Wildman–Crippen MR) is 80.1 cm³/mol. The molecule has 1 heterocycles. The van der Waals surface area contributed by atoms with Gasteiger partial charge in [-0.25, -0.2) is 9.36 Å². The maximum absolute atomic E-state index is 13.1. The molecular formula is C15H12NO5P. The van der Waals surface area contributed by atoms with Crippen LogP contribution in [-0.2, 0) is 4.57 Å². The molecule has 0 fully saturated rings. The largest absolute Gasteiger partial charge is 0.553 e. The monoisotopic (exact) mass is 317 g/mol. The van der Waals surface area contributed by atoms with E-state index in [-0.39, 0.29) is 0 Å². The molecule has 3 aromatic rings. The molecule has 0 atom stereocenters. The highest BCUT2D eigenvalue weighted by atomic mass is 31.2. The fraction of sp³-hybridized carbons (Fsp3) is 0. The van der Waals surface area contributed by atoms with Gasteiger partial charge in [-0.3, -0.25) is 0 Å². The number of hydrogen-bond acceptors (Lipinski definition) is 5. The lowest BCUT2D eigenvalue weighted by Crippen LogP contribution is -2.18. The lowest BCUT2D eigenvalue weighted by atomic mass is 10.3. The second-order valence-corrected chi connectivity index (χ2v) is 6.02. The number of oxazole rings is 1. The molecule has 7 heteroatoms. The molecule has 112 valence electrons. The molecule has 6 nitrogen and oxygen atoms in total. The van der Waals surface area contributed by atoms with E-state index in [2.05, 4.69) is 4.42 Å². The first kappa shape index (κ1) is 14.2. The lowest BCUT2D eigenvalue weighted by Gasteiger charge is -2.18. The molecule has 0 radical (unpaired) electrons. The molecular weight excluding hydrogens is 305 g/mol. The van der Waals surface area contributed by atoms with E-state index in [4.69, 9.17) is 9.05 Å². The second-order valence-electron chi connectivity index (χ2n) is 4.29. The predicted octanol–water partition coefficient (Wildman–Crippen LogP) is 3.56. The summed E-state index contributed by atoms with van der Waals surface area (Å²) in [5.74, 6) is -0.195. The van der Waals surface area contributed by atoms with Crippen molar-refractivity contribution in [3.05, 3.63) is 83.7 Å². The first-order chi connectivity index (χ1) is 10.7. The zero-order valence-corrected chi connectivity index (χ0v) is 12.3. The average molecular weight is 317 g/mol. The summed E-state index contributed by atoms with van der Waals surface area (Å²) in [5.41, 5.74) is 0. The van der Waals surface area contributed by atoms with Gasteiger partial charge in [-0.2, -0.15) is 4.34 Å². The van der Waals surface area contributed by atoms with E-state index in [9.17, 15) is 9.36 Å². The van der Waals surface area contributed by atoms with Gasteiger partial charge in [0.25, 0.3) is 0 Å². The number of aromatic nitrogens is 1. The number of rotatable bonds is 5. The van der Waals surface area contributed by atoms with Crippen LogP contribution in [-0.4, -0.2) is 4.34 Å². The van der Waals surface area contributed by atoms with Crippen LogP contribution in [0.15, 0.2) is 82.3 Å². The molecule has 0 spiro atoms. The summed E-state index contributed by atoms with van der Waals surface area (Å²) in [4.78, 5) is 11.7. The molecule has 3 rings (SSSR count). The van der Waals surface area contributed by atoms with E-state index < -0.39 is 13.5 Å². The normalized spacial score (nSPS) is 11.1. The maximum Gasteiger partial charge on any atom is 0.553 e. The van der Waals surface area contributed by atoms with E-state index in [0.29, 0.717) is 11.5 Å².